The number of methoxy groups -OCH3 is 1. The van der Waals surface area contributed by atoms with E-state index in [1.165, 1.54) is 0 Å². The van der Waals surface area contributed by atoms with Crippen molar-refractivity contribution in [2.75, 3.05) is 18.6 Å². The smallest absolute Gasteiger partial charge is 0.313 e. The number of hydrogen-bond donors (Lipinski definition) is 0. The number of anilines is 1. The number of carbonyl (C=O) groups is 2. The van der Waals surface area contributed by atoms with Crippen molar-refractivity contribution in [1.82, 2.24) is 0 Å². The Balaban J connectivity index is 1.64. The summed E-state index contributed by atoms with van der Waals surface area (Å²) in [5, 5.41) is 0. The number of esters is 1. The molecule has 0 N–H and O–H groups in total. The summed E-state index contributed by atoms with van der Waals surface area (Å²) in [5.74, 6) is -0.841. The molecule has 1 aromatic rings. The maximum atomic E-state index is 13.1. The Kier molecular flexibility index (Phi) is 3.61. The third kappa shape index (κ3) is 2.35. The first kappa shape index (κ1) is 16.1. The van der Waals surface area contributed by atoms with Crippen molar-refractivity contribution in [1.29, 1.82) is 0 Å². The van der Waals surface area contributed by atoms with Gasteiger partial charge in [0.1, 0.15) is 17.3 Å². The zero-order valence-electron chi connectivity index (χ0n) is 14.5. The van der Waals surface area contributed by atoms with Gasteiger partial charge in [-0.1, -0.05) is 12.2 Å². The van der Waals surface area contributed by atoms with Crippen LogP contribution in [-0.2, 0) is 19.1 Å². The SMILES string of the molecule is COc1ccc(N2C[C@@]34C=C[C@H](O3)[C@H](C(=O)OC(C)C)[C@H]4C2=O)cc1. The molecule has 4 atom stereocenters. The monoisotopic (exact) mass is 343 g/mol. The van der Waals surface area contributed by atoms with E-state index < -0.39 is 17.4 Å². The van der Waals surface area contributed by atoms with Gasteiger partial charge in [0.2, 0.25) is 5.91 Å². The van der Waals surface area contributed by atoms with Gasteiger partial charge in [0.15, 0.2) is 0 Å². The van der Waals surface area contributed by atoms with Gasteiger partial charge in [0.05, 0.1) is 31.8 Å². The van der Waals surface area contributed by atoms with Gasteiger partial charge in [0.25, 0.3) is 0 Å². The molecule has 2 fully saturated rings. The second-order valence-electron chi connectivity index (χ2n) is 7.01. The van der Waals surface area contributed by atoms with E-state index in [2.05, 4.69) is 0 Å². The summed E-state index contributed by atoms with van der Waals surface area (Å²) in [6, 6.07) is 7.30. The predicted molar refractivity (Wildman–Crippen MR) is 90.3 cm³/mol. The third-order valence-electron chi connectivity index (χ3n) is 5.11. The highest BCUT2D eigenvalue weighted by atomic mass is 16.6. The van der Waals surface area contributed by atoms with Crippen LogP contribution in [-0.4, -0.2) is 43.3 Å². The summed E-state index contributed by atoms with van der Waals surface area (Å²) in [6.45, 7) is 4.01. The topological polar surface area (TPSA) is 65.1 Å². The van der Waals surface area contributed by atoms with Crippen molar-refractivity contribution in [3.8, 4) is 5.75 Å². The van der Waals surface area contributed by atoms with E-state index >= 15 is 0 Å². The van der Waals surface area contributed by atoms with Crippen molar-refractivity contribution < 1.29 is 23.8 Å². The van der Waals surface area contributed by atoms with Crippen LogP contribution in [0.15, 0.2) is 36.4 Å². The first-order valence-corrected chi connectivity index (χ1v) is 8.48. The number of amides is 1. The standard InChI is InChI=1S/C19H21NO5/c1-11(2)24-18(22)15-14-8-9-19(25-14)10-20(17(21)16(15)19)12-4-6-13(23-3)7-5-12/h4-9,11,14-16H,10H2,1-3H3/t14-,15-,16-,19+/m0/s1. The zero-order chi connectivity index (χ0) is 17.8. The number of nitrogens with zero attached hydrogens (tertiary/aromatic N) is 1. The van der Waals surface area contributed by atoms with Crippen LogP contribution in [0.1, 0.15) is 13.8 Å². The van der Waals surface area contributed by atoms with E-state index in [1.807, 2.05) is 36.4 Å². The molecule has 6 nitrogen and oxygen atoms in total. The third-order valence-corrected chi connectivity index (χ3v) is 5.11. The van der Waals surface area contributed by atoms with E-state index in [-0.39, 0.29) is 24.1 Å². The highest BCUT2D eigenvalue weighted by Gasteiger charge is 2.67. The summed E-state index contributed by atoms with van der Waals surface area (Å²) < 4.78 is 16.6. The minimum atomic E-state index is -0.734. The Hall–Kier alpha value is -2.34. The van der Waals surface area contributed by atoms with Crippen molar-refractivity contribution in [2.45, 2.75) is 31.7 Å². The van der Waals surface area contributed by atoms with E-state index in [9.17, 15) is 9.59 Å². The van der Waals surface area contributed by atoms with Gasteiger partial charge >= 0.3 is 5.97 Å². The normalized spacial score (nSPS) is 32.4. The lowest BCUT2D eigenvalue weighted by molar-refractivity contribution is -0.156. The molecular formula is C19H21NO5. The quantitative estimate of drug-likeness (QED) is 0.617. The van der Waals surface area contributed by atoms with Crippen molar-refractivity contribution in [2.24, 2.45) is 11.8 Å². The second-order valence-corrected chi connectivity index (χ2v) is 7.01. The van der Waals surface area contributed by atoms with Crippen LogP contribution in [0.4, 0.5) is 5.69 Å². The molecule has 0 aromatic heterocycles. The maximum absolute atomic E-state index is 13.1. The summed E-state index contributed by atoms with van der Waals surface area (Å²) in [7, 11) is 1.60. The van der Waals surface area contributed by atoms with E-state index in [4.69, 9.17) is 14.2 Å². The fraction of sp³-hybridized carbons (Fsp3) is 0.474. The van der Waals surface area contributed by atoms with Gasteiger partial charge in [0, 0.05) is 5.69 Å². The number of rotatable bonds is 4. The minimum Gasteiger partial charge on any atom is -0.497 e. The molecule has 2 saturated heterocycles. The Morgan fingerprint density at radius 2 is 2.04 bits per heavy atom. The molecule has 1 aromatic carbocycles. The molecular weight excluding hydrogens is 322 g/mol. The zero-order valence-corrected chi connectivity index (χ0v) is 14.5. The molecule has 1 spiro atoms. The summed E-state index contributed by atoms with van der Waals surface area (Å²) >= 11 is 0. The van der Waals surface area contributed by atoms with E-state index in [0.29, 0.717) is 6.54 Å². The van der Waals surface area contributed by atoms with Crippen molar-refractivity contribution >= 4 is 17.6 Å². The molecule has 0 saturated carbocycles. The molecule has 25 heavy (non-hydrogen) atoms. The fourth-order valence-corrected chi connectivity index (χ4v) is 4.06. The number of hydrogen-bond acceptors (Lipinski definition) is 5. The van der Waals surface area contributed by atoms with Crippen LogP contribution in [0.5, 0.6) is 5.75 Å². The highest BCUT2D eigenvalue weighted by molar-refractivity contribution is 6.02. The fourth-order valence-electron chi connectivity index (χ4n) is 4.06. The van der Waals surface area contributed by atoms with Gasteiger partial charge in [-0.25, -0.2) is 0 Å². The number of ether oxygens (including phenoxy) is 3. The predicted octanol–water partition coefficient (Wildman–Crippen LogP) is 1.93. The van der Waals surface area contributed by atoms with Crippen molar-refractivity contribution in [3.05, 3.63) is 36.4 Å². The van der Waals surface area contributed by atoms with Gasteiger partial charge < -0.3 is 19.1 Å². The lowest BCUT2D eigenvalue weighted by Crippen LogP contribution is -2.40. The maximum Gasteiger partial charge on any atom is 0.313 e. The Labute approximate surface area is 146 Å². The van der Waals surface area contributed by atoms with Crippen molar-refractivity contribution in [3.63, 3.8) is 0 Å². The molecule has 3 heterocycles. The lowest BCUT2D eigenvalue weighted by Gasteiger charge is -2.23. The summed E-state index contributed by atoms with van der Waals surface area (Å²) in [6.07, 6.45) is 3.22. The average Bonchev–Trinajstić information content (AvgIpc) is 3.22. The Morgan fingerprint density at radius 3 is 2.68 bits per heavy atom. The van der Waals surface area contributed by atoms with Crippen LogP contribution < -0.4 is 9.64 Å². The average molecular weight is 343 g/mol. The Bertz CT molecular complexity index is 741. The minimum absolute atomic E-state index is 0.0947. The molecule has 3 aliphatic rings. The number of fused-ring (bicyclic) bond motifs is 1. The van der Waals surface area contributed by atoms with E-state index in [0.717, 1.165) is 11.4 Å². The van der Waals surface area contributed by atoms with Gasteiger partial charge in [-0.3, -0.25) is 9.59 Å². The van der Waals surface area contributed by atoms with Crippen LogP contribution in [0.25, 0.3) is 0 Å². The molecule has 1 amide bonds. The van der Waals surface area contributed by atoms with E-state index in [1.54, 1.807) is 25.9 Å². The van der Waals surface area contributed by atoms with Gasteiger partial charge in [-0.15, -0.1) is 0 Å². The molecule has 6 heteroatoms. The van der Waals surface area contributed by atoms with Crippen LogP contribution in [0, 0.1) is 11.8 Å². The highest BCUT2D eigenvalue weighted by Crippen LogP contribution is 2.53. The molecule has 3 aliphatic heterocycles. The summed E-state index contributed by atoms with van der Waals surface area (Å²) in [5.41, 5.74) is 0.0357. The number of carbonyl (C=O) groups excluding carboxylic acids is 2. The lowest BCUT2D eigenvalue weighted by atomic mass is 9.77. The molecule has 0 unspecified atom stereocenters. The largest absolute Gasteiger partial charge is 0.497 e. The number of benzene rings is 1. The Morgan fingerprint density at radius 1 is 1.32 bits per heavy atom. The molecule has 0 radical (unpaired) electrons. The first-order chi connectivity index (χ1) is 11.9. The van der Waals surface area contributed by atoms with Crippen LogP contribution in [0.2, 0.25) is 0 Å². The molecule has 4 rings (SSSR count). The summed E-state index contributed by atoms with van der Waals surface area (Å²) in [4.78, 5) is 27.3. The van der Waals surface area contributed by atoms with Crippen LogP contribution in [0.3, 0.4) is 0 Å². The molecule has 0 aliphatic carbocycles. The first-order valence-electron chi connectivity index (χ1n) is 8.48. The molecule has 132 valence electrons. The van der Waals surface area contributed by atoms with Gasteiger partial charge in [-0.05, 0) is 38.1 Å². The van der Waals surface area contributed by atoms with Gasteiger partial charge in [-0.2, -0.15) is 0 Å². The van der Waals surface area contributed by atoms with Crippen LogP contribution >= 0.6 is 0 Å². The second kappa shape index (κ2) is 5.59. The molecule has 2 bridgehead atoms.